The second-order valence-corrected chi connectivity index (χ2v) is 5.24. The zero-order valence-corrected chi connectivity index (χ0v) is 10.1. The smallest absolute Gasteiger partial charge is 0.163 e. The van der Waals surface area contributed by atoms with Crippen LogP contribution in [0.1, 0.15) is 44.0 Å². The molecule has 0 aliphatic carbocycles. The van der Waals surface area contributed by atoms with E-state index in [1.165, 1.54) is 0 Å². The summed E-state index contributed by atoms with van der Waals surface area (Å²) >= 11 is 5.72. The predicted molar refractivity (Wildman–Crippen MR) is 62.3 cm³/mol. The Balaban J connectivity index is 2.62. The standard InChI is InChI=1S/C12H16ClNO/c1-12(2,3)6-4-10(15)9-5-7-14-11(13)8-9/h5,7-8H,4,6H2,1-3H3. The fourth-order valence-electron chi connectivity index (χ4n) is 1.21. The van der Waals surface area contributed by atoms with Crippen LogP contribution in [-0.4, -0.2) is 10.8 Å². The largest absolute Gasteiger partial charge is 0.294 e. The molecule has 3 heteroatoms. The van der Waals surface area contributed by atoms with Crippen LogP contribution < -0.4 is 0 Å². The van der Waals surface area contributed by atoms with Gasteiger partial charge in [0, 0.05) is 18.2 Å². The van der Waals surface area contributed by atoms with Crippen LogP contribution in [0.4, 0.5) is 0 Å². The molecule has 1 aromatic heterocycles. The lowest BCUT2D eigenvalue weighted by Crippen LogP contribution is -2.09. The van der Waals surface area contributed by atoms with Crippen LogP contribution in [0.25, 0.3) is 0 Å². The summed E-state index contributed by atoms with van der Waals surface area (Å²) in [5.74, 6) is 0.134. The number of rotatable bonds is 3. The maximum atomic E-state index is 11.8. The summed E-state index contributed by atoms with van der Waals surface area (Å²) in [4.78, 5) is 15.6. The molecule has 0 aromatic carbocycles. The Morgan fingerprint density at radius 1 is 1.47 bits per heavy atom. The number of Topliss-reactive ketones (excluding diaryl/α,β-unsaturated/α-hetero) is 1. The van der Waals surface area contributed by atoms with Gasteiger partial charge in [-0.1, -0.05) is 32.4 Å². The number of halogens is 1. The second kappa shape index (κ2) is 4.75. The quantitative estimate of drug-likeness (QED) is 0.579. The van der Waals surface area contributed by atoms with Gasteiger partial charge in [0.1, 0.15) is 5.15 Å². The Hall–Kier alpha value is -0.890. The Bertz CT molecular complexity index is 355. The molecule has 0 amide bonds. The van der Waals surface area contributed by atoms with E-state index in [9.17, 15) is 4.79 Å². The van der Waals surface area contributed by atoms with Crippen LogP contribution in [0.3, 0.4) is 0 Å². The molecule has 82 valence electrons. The Morgan fingerprint density at radius 3 is 2.67 bits per heavy atom. The van der Waals surface area contributed by atoms with Crippen molar-refractivity contribution in [1.29, 1.82) is 0 Å². The van der Waals surface area contributed by atoms with Crippen LogP contribution in [0.15, 0.2) is 18.3 Å². The van der Waals surface area contributed by atoms with E-state index in [-0.39, 0.29) is 11.2 Å². The van der Waals surface area contributed by atoms with Crippen molar-refractivity contribution in [3.05, 3.63) is 29.0 Å². The molecule has 0 unspecified atom stereocenters. The molecular formula is C12H16ClNO. The van der Waals surface area contributed by atoms with E-state index in [2.05, 4.69) is 25.8 Å². The molecule has 15 heavy (non-hydrogen) atoms. The van der Waals surface area contributed by atoms with Gasteiger partial charge in [0.05, 0.1) is 0 Å². The van der Waals surface area contributed by atoms with Crippen molar-refractivity contribution in [2.75, 3.05) is 0 Å². The first-order valence-corrected chi connectivity index (χ1v) is 5.41. The van der Waals surface area contributed by atoms with Gasteiger partial charge >= 0.3 is 0 Å². The van der Waals surface area contributed by atoms with Crippen molar-refractivity contribution in [2.24, 2.45) is 5.41 Å². The molecule has 2 nitrogen and oxygen atoms in total. The zero-order valence-electron chi connectivity index (χ0n) is 9.38. The van der Waals surface area contributed by atoms with Crippen molar-refractivity contribution >= 4 is 17.4 Å². The Morgan fingerprint density at radius 2 is 2.13 bits per heavy atom. The number of carbonyl (C=O) groups is 1. The van der Waals surface area contributed by atoms with Crippen LogP contribution in [0, 0.1) is 5.41 Å². The average molecular weight is 226 g/mol. The highest BCUT2D eigenvalue weighted by molar-refractivity contribution is 6.29. The minimum atomic E-state index is 0.134. The summed E-state index contributed by atoms with van der Waals surface area (Å²) in [5, 5.41) is 0.372. The molecule has 0 radical (unpaired) electrons. The van der Waals surface area contributed by atoms with E-state index in [1.54, 1.807) is 18.3 Å². The van der Waals surface area contributed by atoms with Gasteiger partial charge in [-0.2, -0.15) is 0 Å². The molecule has 0 aliphatic heterocycles. The summed E-state index contributed by atoms with van der Waals surface area (Å²) in [6.07, 6.45) is 3.00. The summed E-state index contributed by atoms with van der Waals surface area (Å²) < 4.78 is 0. The van der Waals surface area contributed by atoms with Crippen LogP contribution in [0.2, 0.25) is 5.15 Å². The van der Waals surface area contributed by atoms with Gasteiger partial charge in [-0.25, -0.2) is 4.98 Å². The minimum absolute atomic E-state index is 0.134. The van der Waals surface area contributed by atoms with E-state index < -0.39 is 0 Å². The maximum absolute atomic E-state index is 11.8. The van der Waals surface area contributed by atoms with Crippen LogP contribution >= 0.6 is 11.6 Å². The number of nitrogens with zero attached hydrogens (tertiary/aromatic N) is 1. The number of hydrogen-bond acceptors (Lipinski definition) is 2. The highest BCUT2D eigenvalue weighted by Crippen LogP contribution is 2.22. The molecule has 0 N–H and O–H groups in total. The third-order valence-corrected chi connectivity index (χ3v) is 2.36. The van der Waals surface area contributed by atoms with E-state index >= 15 is 0 Å². The molecule has 1 aromatic rings. The molecular weight excluding hydrogens is 210 g/mol. The first-order valence-electron chi connectivity index (χ1n) is 5.03. The van der Waals surface area contributed by atoms with Gasteiger partial charge in [-0.3, -0.25) is 4.79 Å². The fourth-order valence-corrected chi connectivity index (χ4v) is 1.38. The Kier molecular flexibility index (Phi) is 3.86. The summed E-state index contributed by atoms with van der Waals surface area (Å²) in [5.41, 5.74) is 0.839. The van der Waals surface area contributed by atoms with Crippen molar-refractivity contribution in [3.63, 3.8) is 0 Å². The van der Waals surface area contributed by atoms with Gasteiger partial charge < -0.3 is 0 Å². The fraction of sp³-hybridized carbons (Fsp3) is 0.500. The number of hydrogen-bond donors (Lipinski definition) is 0. The van der Waals surface area contributed by atoms with Crippen molar-refractivity contribution in [3.8, 4) is 0 Å². The normalized spacial score (nSPS) is 11.5. The Labute approximate surface area is 95.7 Å². The topological polar surface area (TPSA) is 30.0 Å². The van der Waals surface area contributed by atoms with Gasteiger partial charge in [0.25, 0.3) is 0 Å². The molecule has 1 heterocycles. The molecule has 0 bridgehead atoms. The SMILES string of the molecule is CC(C)(C)CCC(=O)c1ccnc(Cl)c1. The summed E-state index contributed by atoms with van der Waals surface area (Å²) in [6.45, 7) is 6.37. The van der Waals surface area contributed by atoms with E-state index in [0.717, 1.165) is 6.42 Å². The molecule has 0 aliphatic rings. The van der Waals surface area contributed by atoms with Gasteiger partial charge in [0.15, 0.2) is 5.78 Å². The van der Waals surface area contributed by atoms with Crippen molar-refractivity contribution < 1.29 is 4.79 Å². The molecule has 0 fully saturated rings. The van der Waals surface area contributed by atoms with E-state index in [1.807, 2.05) is 0 Å². The number of pyridine rings is 1. The monoisotopic (exact) mass is 225 g/mol. The first kappa shape index (κ1) is 12.2. The number of aromatic nitrogens is 1. The zero-order chi connectivity index (χ0) is 11.5. The van der Waals surface area contributed by atoms with Crippen LogP contribution in [0.5, 0.6) is 0 Å². The van der Waals surface area contributed by atoms with Crippen molar-refractivity contribution in [1.82, 2.24) is 4.98 Å². The number of carbonyl (C=O) groups excluding carboxylic acids is 1. The molecule has 0 spiro atoms. The van der Waals surface area contributed by atoms with Crippen LogP contribution in [-0.2, 0) is 0 Å². The van der Waals surface area contributed by atoms with E-state index in [0.29, 0.717) is 17.1 Å². The lowest BCUT2D eigenvalue weighted by Gasteiger charge is -2.16. The maximum Gasteiger partial charge on any atom is 0.163 e. The molecule has 0 saturated heterocycles. The third kappa shape index (κ3) is 4.43. The predicted octanol–water partition coefficient (Wildman–Crippen LogP) is 3.74. The van der Waals surface area contributed by atoms with Gasteiger partial charge in [-0.15, -0.1) is 0 Å². The third-order valence-electron chi connectivity index (χ3n) is 2.15. The molecule has 0 atom stereocenters. The highest BCUT2D eigenvalue weighted by Gasteiger charge is 2.14. The van der Waals surface area contributed by atoms with Crippen molar-refractivity contribution in [2.45, 2.75) is 33.6 Å². The molecule has 1 rings (SSSR count). The van der Waals surface area contributed by atoms with Gasteiger partial charge in [0.2, 0.25) is 0 Å². The van der Waals surface area contributed by atoms with Gasteiger partial charge in [-0.05, 0) is 24.0 Å². The molecule has 0 saturated carbocycles. The summed E-state index contributed by atoms with van der Waals surface area (Å²) in [6, 6.07) is 3.32. The second-order valence-electron chi connectivity index (χ2n) is 4.85. The number of ketones is 1. The lowest BCUT2D eigenvalue weighted by atomic mass is 9.89. The average Bonchev–Trinajstić information content (AvgIpc) is 2.13. The van der Waals surface area contributed by atoms with E-state index in [4.69, 9.17) is 11.6 Å². The minimum Gasteiger partial charge on any atom is -0.294 e. The highest BCUT2D eigenvalue weighted by atomic mass is 35.5. The summed E-state index contributed by atoms with van der Waals surface area (Å²) in [7, 11) is 0. The lowest BCUT2D eigenvalue weighted by molar-refractivity contribution is 0.0966. The first-order chi connectivity index (χ1) is 6.88.